The molecule has 0 amide bonds. The molecular weight excluding hydrogens is 376 g/mol. The van der Waals surface area contributed by atoms with Gasteiger partial charge in [0, 0.05) is 30.6 Å². The van der Waals surface area contributed by atoms with Gasteiger partial charge in [0.2, 0.25) is 0 Å². The van der Waals surface area contributed by atoms with Gasteiger partial charge >= 0.3 is 5.63 Å². The maximum Gasteiger partial charge on any atom is 0.336 e. The maximum atomic E-state index is 12.1. The Hall–Kier alpha value is -3.15. The molecule has 5 nitrogen and oxygen atoms in total. The molecule has 0 unspecified atom stereocenters. The minimum atomic E-state index is -0.327. The highest BCUT2D eigenvalue weighted by Crippen LogP contribution is 2.28. The summed E-state index contributed by atoms with van der Waals surface area (Å²) in [4.78, 5) is 14.3. The molecule has 0 bridgehead atoms. The third-order valence-electron chi connectivity index (χ3n) is 5.47. The summed E-state index contributed by atoms with van der Waals surface area (Å²) in [7, 11) is 5.80. The largest absolute Gasteiger partial charge is 0.497 e. The zero-order valence-corrected chi connectivity index (χ0v) is 17.5. The van der Waals surface area contributed by atoms with Crippen molar-refractivity contribution in [3.05, 3.63) is 88.3 Å². The molecule has 1 atom stereocenters. The lowest BCUT2D eigenvalue weighted by molar-refractivity contribution is 0.287. The van der Waals surface area contributed by atoms with Gasteiger partial charge in [0.25, 0.3) is 0 Å². The first-order valence-corrected chi connectivity index (χ1v) is 10.0. The maximum absolute atomic E-state index is 12.1. The van der Waals surface area contributed by atoms with Crippen LogP contribution in [0.1, 0.15) is 17.2 Å². The van der Waals surface area contributed by atoms with E-state index in [0.717, 1.165) is 34.0 Å². The minimum absolute atomic E-state index is 0.170. The van der Waals surface area contributed by atoms with Crippen LogP contribution in [0, 0.1) is 0 Å². The number of hydrogen-bond donors (Lipinski definition) is 1. The van der Waals surface area contributed by atoms with Gasteiger partial charge in [-0.25, -0.2) is 4.79 Å². The van der Waals surface area contributed by atoms with Crippen LogP contribution in [0.5, 0.6) is 5.75 Å². The Morgan fingerprint density at radius 1 is 1.03 bits per heavy atom. The van der Waals surface area contributed by atoms with E-state index >= 15 is 0 Å². The summed E-state index contributed by atoms with van der Waals surface area (Å²) in [6, 6.07) is 21.9. The van der Waals surface area contributed by atoms with Crippen LogP contribution in [0.25, 0.3) is 21.7 Å². The Morgan fingerprint density at radius 3 is 2.67 bits per heavy atom. The Bertz CT molecular complexity index is 1230. The molecular formula is C25H26N2O3. The van der Waals surface area contributed by atoms with E-state index in [1.54, 1.807) is 13.2 Å². The molecule has 4 aromatic rings. The highest BCUT2D eigenvalue weighted by molar-refractivity contribution is 6.07. The molecule has 1 N–H and O–H groups in total. The minimum Gasteiger partial charge on any atom is -0.497 e. The van der Waals surface area contributed by atoms with Gasteiger partial charge in [-0.3, -0.25) is 0 Å². The van der Waals surface area contributed by atoms with Crippen LogP contribution in [0.15, 0.2) is 75.9 Å². The molecule has 0 fully saturated rings. The van der Waals surface area contributed by atoms with E-state index in [9.17, 15) is 4.79 Å². The predicted molar refractivity (Wildman–Crippen MR) is 121 cm³/mol. The second-order valence-corrected chi connectivity index (χ2v) is 7.64. The Kier molecular flexibility index (Phi) is 5.84. The molecule has 30 heavy (non-hydrogen) atoms. The van der Waals surface area contributed by atoms with Crippen LogP contribution >= 0.6 is 0 Å². The van der Waals surface area contributed by atoms with Gasteiger partial charge < -0.3 is 19.4 Å². The molecule has 0 saturated heterocycles. The summed E-state index contributed by atoms with van der Waals surface area (Å²) < 4.78 is 10.8. The van der Waals surface area contributed by atoms with Crippen molar-refractivity contribution in [2.75, 3.05) is 27.7 Å². The summed E-state index contributed by atoms with van der Waals surface area (Å²) in [5.41, 5.74) is 2.41. The lowest BCUT2D eigenvalue weighted by Crippen LogP contribution is -2.31. The van der Waals surface area contributed by atoms with Gasteiger partial charge in [0.1, 0.15) is 11.3 Å². The summed E-state index contributed by atoms with van der Waals surface area (Å²) in [6.45, 7) is 1.30. The number of rotatable bonds is 7. The lowest BCUT2D eigenvalue weighted by Gasteiger charge is -2.25. The smallest absolute Gasteiger partial charge is 0.336 e. The first-order chi connectivity index (χ1) is 14.6. The second kappa shape index (κ2) is 8.69. The van der Waals surface area contributed by atoms with Crippen molar-refractivity contribution < 1.29 is 9.15 Å². The third kappa shape index (κ3) is 4.08. The fourth-order valence-electron chi connectivity index (χ4n) is 3.95. The molecule has 0 saturated carbocycles. The molecule has 3 aromatic carbocycles. The molecule has 0 aliphatic heterocycles. The average Bonchev–Trinajstić information content (AvgIpc) is 2.75. The van der Waals surface area contributed by atoms with Crippen LogP contribution in [0.3, 0.4) is 0 Å². The van der Waals surface area contributed by atoms with Crippen molar-refractivity contribution in [3.63, 3.8) is 0 Å². The SMILES string of the molecule is COc1cccc([C@H](CNCc2cc(=O)oc3ccc4ccccc4c23)N(C)C)c1. The van der Waals surface area contributed by atoms with Crippen LogP contribution < -0.4 is 15.7 Å². The van der Waals surface area contributed by atoms with Gasteiger partial charge in [0.15, 0.2) is 0 Å². The molecule has 4 rings (SSSR count). The quantitative estimate of drug-likeness (QED) is 0.368. The van der Waals surface area contributed by atoms with Crippen LogP contribution in [0.4, 0.5) is 0 Å². The van der Waals surface area contributed by atoms with Gasteiger partial charge in [0.05, 0.1) is 7.11 Å². The van der Waals surface area contributed by atoms with Crippen molar-refractivity contribution in [1.29, 1.82) is 0 Å². The van der Waals surface area contributed by atoms with E-state index in [4.69, 9.17) is 9.15 Å². The standard InChI is InChI=1S/C25H26N2O3/c1-27(2)22(18-8-6-9-20(13-18)29-3)16-26-15-19-14-24(28)30-23-12-11-17-7-4-5-10-21(17)25(19)23/h4-14,22,26H,15-16H2,1-3H3/t22-/m0/s1. The van der Waals surface area contributed by atoms with Crippen molar-refractivity contribution in [2.24, 2.45) is 0 Å². The van der Waals surface area contributed by atoms with Crippen LogP contribution in [-0.4, -0.2) is 32.6 Å². The summed E-state index contributed by atoms with van der Waals surface area (Å²) in [5, 5.41) is 6.75. The van der Waals surface area contributed by atoms with Crippen molar-refractivity contribution in [1.82, 2.24) is 10.2 Å². The first kappa shape index (κ1) is 20.1. The molecule has 0 radical (unpaired) electrons. The zero-order valence-electron chi connectivity index (χ0n) is 17.5. The first-order valence-electron chi connectivity index (χ1n) is 10.0. The van der Waals surface area contributed by atoms with E-state index < -0.39 is 0 Å². The number of fused-ring (bicyclic) bond motifs is 3. The second-order valence-electron chi connectivity index (χ2n) is 7.64. The molecule has 1 aromatic heterocycles. The van der Waals surface area contributed by atoms with Crippen LogP contribution in [-0.2, 0) is 6.54 Å². The topological polar surface area (TPSA) is 54.7 Å². The monoisotopic (exact) mass is 402 g/mol. The number of nitrogens with one attached hydrogen (secondary N) is 1. The molecule has 0 aliphatic carbocycles. The highest BCUT2D eigenvalue weighted by Gasteiger charge is 2.15. The van der Waals surface area contributed by atoms with Gasteiger partial charge in [-0.15, -0.1) is 0 Å². The van der Waals surface area contributed by atoms with Crippen molar-refractivity contribution >= 4 is 21.7 Å². The molecule has 1 heterocycles. The van der Waals surface area contributed by atoms with E-state index in [-0.39, 0.29) is 11.7 Å². The van der Waals surface area contributed by atoms with Gasteiger partial charge in [-0.1, -0.05) is 42.5 Å². The Labute approximate surface area is 175 Å². The lowest BCUT2D eigenvalue weighted by atomic mass is 10.0. The Morgan fingerprint density at radius 2 is 1.87 bits per heavy atom. The number of ether oxygens (including phenoxy) is 1. The average molecular weight is 402 g/mol. The number of hydrogen-bond acceptors (Lipinski definition) is 5. The van der Waals surface area contributed by atoms with E-state index in [1.807, 2.05) is 36.4 Å². The molecule has 0 aliphatic rings. The Balaban J connectivity index is 1.62. The summed E-state index contributed by atoms with van der Waals surface area (Å²) >= 11 is 0. The number of nitrogens with zero attached hydrogens (tertiary/aromatic N) is 1. The fourth-order valence-corrected chi connectivity index (χ4v) is 3.95. The van der Waals surface area contributed by atoms with Crippen molar-refractivity contribution in [2.45, 2.75) is 12.6 Å². The molecule has 154 valence electrons. The predicted octanol–water partition coefficient (Wildman–Crippen LogP) is 4.35. The van der Waals surface area contributed by atoms with Gasteiger partial charge in [-0.2, -0.15) is 0 Å². The van der Waals surface area contributed by atoms with Crippen LogP contribution in [0.2, 0.25) is 0 Å². The van der Waals surface area contributed by atoms with E-state index in [1.165, 1.54) is 5.56 Å². The van der Waals surface area contributed by atoms with E-state index in [0.29, 0.717) is 12.1 Å². The van der Waals surface area contributed by atoms with Gasteiger partial charge in [-0.05, 0) is 54.2 Å². The normalized spacial score (nSPS) is 12.5. The fraction of sp³-hybridized carbons (Fsp3) is 0.240. The molecule has 0 spiro atoms. The molecule has 5 heteroatoms. The zero-order chi connectivity index (χ0) is 21.1. The number of likely N-dealkylation sites (N-methyl/N-ethyl adjacent to an activating group) is 1. The summed E-state index contributed by atoms with van der Waals surface area (Å²) in [6.07, 6.45) is 0. The number of benzene rings is 3. The van der Waals surface area contributed by atoms with Crippen molar-refractivity contribution in [3.8, 4) is 5.75 Å². The highest BCUT2D eigenvalue weighted by atomic mass is 16.5. The summed E-state index contributed by atoms with van der Waals surface area (Å²) in [5.74, 6) is 0.845. The van der Waals surface area contributed by atoms with E-state index in [2.05, 4.69) is 48.6 Å². The third-order valence-corrected chi connectivity index (χ3v) is 5.47. The number of methoxy groups -OCH3 is 1.